The van der Waals surface area contributed by atoms with Crippen LogP contribution in [0.1, 0.15) is 48.0 Å². The molecule has 0 aliphatic carbocycles. The van der Waals surface area contributed by atoms with Crippen molar-refractivity contribution >= 4 is 17.5 Å². The second-order valence-electron chi connectivity index (χ2n) is 11.3. The average molecular weight is 581 g/mol. The van der Waals surface area contributed by atoms with Crippen LogP contribution in [0.25, 0.3) is 0 Å². The number of fused-ring (bicyclic) bond motifs is 1. The Balaban J connectivity index is 1.24. The van der Waals surface area contributed by atoms with Crippen LogP contribution in [0.2, 0.25) is 0 Å². The van der Waals surface area contributed by atoms with Gasteiger partial charge in [0.05, 0.1) is 50.6 Å². The smallest absolute Gasteiger partial charge is 0.255 e. The molecular formula is C32H44N4O6. The fourth-order valence-corrected chi connectivity index (χ4v) is 6.27. The lowest BCUT2D eigenvalue weighted by Crippen LogP contribution is -2.49. The maximum atomic E-state index is 13.6. The number of hydrogen-bond donors (Lipinski definition) is 2. The molecule has 2 aromatic carbocycles. The summed E-state index contributed by atoms with van der Waals surface area (Å²) in [7, 11) is 3.42. The van der Waals surface area contributed by atoms with E-state index in [2.05, 4.69) is 32.6 Å². The molecular weight excluding hydrogens is 536 g/mol. The van der Waals surface area contributed by atoms with E-state index in [0.717, 1.165) is 87.6 Å². The first kappa shape index (κ1) is 30.0. The summed E-state index contributed by atoms with van der Waals surface area (Å²) in [5.74, 6) is 2.20. The van der Waals surface area contributed by atoms with Gasteiger partial charge in [-0.1, -0.05) is 18.6 Å². The molecule has 2 saturated heterocycles. The number of ether oxygens (including phenoxy) is 4. The van der Waals surface area contributed by atoms with Crippen LogP contribution in [0.3, 0.4) is 0 Å². The van der Waals surface area contributed by atoms with Gasteiger partial charge in [-0.2, -0.15) is 0 Å². The highest BCUT2D eigenvalue weighted by Gasteiger charge is 2.40. The number of para-hydroxylation sites is 1. The molecule has 1 spiro atoms. The lowest BCUT2D eigenvalue weighted by Gasteiger charge is -2.41. The summed E-state index contributed by atoms with van der Waals surface area (Å²) in [6.45, 7) is 6.65. The van der Waals surface area contributed by atoms with Gasteiger partial charge in [0.25, 0.3) is 5.91 Å². The van der Waals surface area contributed by atoms with Gasteiger partial charge in [-0.3, -0.25) is 14.5 Å². The van der Waals surface area contributed by atoms with Crippen molar-refractivity contribution in [3.63, 3.8) is 0 Å². The van der Waals surface area contributed by atoms with Crippen LogP contribution < -0.4 is 29.7 Å². The molecule has 5 rings (SSSR count). The molecule has 2 amide bonds. The molecule has 0 atom stereocenters. The van der Waals surface area contributed by atoms with Crippen LogP contribution in [0.5, 0.6) is 17.2 Å². The Labute approximate surface area is 248 Å². The Kier molecular flexibility index (Phi) is 10.1. The molecule has 0 unspecified atom stereocenters. The van der Waals surface area contributed by atoms with Crippen molar-refractivity contribution in [3.8, 4) is 17.2 Å². The molecule has 3 aliphatic heterocycles. The molecule has 0 aromatic heterocycles. The number of piperidine rings is 1. The SMILES string of the molecule is COc1cc(N2CCOCC2)c(OC)cc1CN1CCC2(CCCCNC(=O)c3ccccc3OCCNC2=O)CC1. The maximum absolute atomic E-state index is 13.6. The van der Waals surface area contributed by atoms with Crippen molar-refractivity contribution in [1.82, 2.24) is 15.5 Å². The van der Waals surface area contributed by atoms with Gasteiger partial charge in [-0.05, 0) is 57.0 Å². The highest BCUT2D eigenvalue weighted by molar-refractivity contribution is 5.96. The van der Waals surface area contributed by atoms with Gasteiger partial charge in [0, 0.05) is 37.8 Å². The number of nitrogens with one attached hydrogen (secondary N) is 2. The van der Waals surface area contributed by atoms with E-state index in [9.17, 15) is 9.59 Å². The van der Waals surface area contributed by atoms with E-state index < -0.39 is 5.41 Å². The number of nitrogens with zero attached hydrogens (tertiary/aromatic N) is 2. The molecule has 0 bridgehead atoms. The van der Waals surface area contributed by atoms with Crippen LogP contribution in [-0.4, -0.2) is 90.0 Å². The highest BCUT2D eigenvalue weighted by Crippen LogP contribution is 2.40. The molecule has 3 aliphatic rings. The van der Waals surface area contributed by atoms with Gasteiger partial charge < -0.3 is 34.5 Å². The first-order chi connectivity index (χ1) is 20.5. The Morgan fingerprint density at radius 2 is 1.62 bits per heavy atom. The number of rotatable bonds is 5. The van der Waals surface area contributed by atoms with Crippen molar-refractivity contribution in [2.75, 3.05) is 78.2 Å². The van der Waals surface area contributed by atoms with E-state index >= 15 is 0 Å². The van der Waals surface area contributed by atoms with E-state index in [1.165, 1.54) is 0 Å². The minimum absolute atomic E-state index is 0.106. The van der Waals surface area contributed by atoms with Gasteiger partial charge in [-0.25, -0.2) is 0 Å². The Morgan fingerprint density at radius 3 is 2.38 bits per heavy atom. The lowest BCUT2D eigenvalue weighted by molar-refractivity contribution is -0.134. The fraction of sp³-hybridized carbons (Fsp3) is 0.562. The van der Waals surface area contributed by atoms with Crippen LogP contribution >= 0.6 is 0 Å². The van der Waals surface area contributed by atoms with E-state index in [1.54, 1.807) is 26.4 Å². The zero-order valence-electron chi connectivity index (χ0n) is 24.9. The number of carbonyl (C=O) groups is 2. The number of anilines is 1. The molecule has 228 valence electrons. The molecule has 42 heavy (non-hydrogen) atoms. The third-order valence-electron chi connectivity index (χ3n) is 8.77. The number of hydrogen-bond acceptors (Lipinski definition) is 8. The Hall–Kier alpha value is -3.50. The number of methoxy groups -OCH3 is 2. The summed E-state index contributed by atoms with van der Waals surface area (Å²) >= 11 is 0. The molecule has 0 saturated carbocycles. The topological polar surface area (TPSA) is 102 Å². The molecule has 0 radical (unpaired) electrons. The van der Waals surface area contributed by atoms with E-state index in [-0.39, 0.29) is 11.8 Å². The lowest BCUT2D eigenvalue weighted by atomic mass is 9.73. The normalized spacial score (nSPS) is 20.5. The molecule has 10 nitrogen and oxygen atoms in total. The summed E-state index contributed by atoms with van der Waals surface area (Å²) < 4.78 is 23.0. The number of amides is 2. The Morgan fingerprint density at radius 1 is 0.857 bits per heavy atom. The number of likely N-dealkylation sites (tertiary alicyclic amines) is 1. The number of carbonyl (C=O) groups excluding carboxylic acids is 2. The van der Waals surface area contributed by atoms with Gasteiger partial charge in [0.2, 0.25) is 5.91 Å². The summed E-state index contributed by atoms with van der Waals surface area (Å²) in [6.07, 6.45) is 4.05. The standard InChI is InChI=1S/C32H44N4O6/c1-39-28-22-26(36-16-19-41-20-17-36)29(40-2)21-24(28)23-35-14-10-32(11-15-35)9-5-6-12-33-30(37)25-7-3-4-8-27(25)42-18-13-34-31(32)38/h3-4,7-8,21-22H,5-6,9-20,23H2,1-2H3,(H,33,37)(H,34,38). The average Bonchev–Trinajstić information content (AvgIpc) is 3.03. The first-order valence-corrected chi connectivity index (χ1v) is 15.1. The van der Waals surface area contributed by atoms with Gasteiger partial charge in [0.1, 0.15) is 23.9 Å². The zero-order chi connectivity index (χ0) is 29.4. The molecule has 2 fully saturated rings. The van der Waals surface area contributed by atoms with E-state index in [1.807, 2.05) is 12.1 Å². The van der Waals surface area contributed by atoms with Gasteiger partial charge >= 0.3 is 0 Å². The van der Waals surface area contributed by atoms with Crippen LogP contribution in [0, 0.1) is 5.41 Å². The summed E-state index contributed by atoms with van der Waals surface area (Å²) in [5, 5.41) is 6.16. The first-order valence-electron chi connectivity index (χ1n) is 15.1. The highest BCUT2D eigenvalue weighted by atomic mass is 16.5. The van der Waals surface area contributed by atoms with Crippen LogP contribution in [0.4, 0.5) is 5.69 Å². The van der Waals surface area contributed by atoms with Crippen LogP contribution in [-0.2, 0) is 16.1 Å². The van der Waals surface area contributed by atoms with Crippen molar-refractivity contribution in [3.05, 3.63) is 47.5 Å². The minimum atomic E-state index is -0.426. The van der Waals surface area contributed by atoms with Gasteiger partial charge in [-0.15, -0.1) is 0 Å². The third kappa shape index (κ3) is 6.93. The zero-order valence-corrected chi connectivity index (χ0v) is 24.9. The van der Waals surface area contributed by atoms with Crippen molar-refractivity contribution in [2.45, 2.75) is 38.6 Å². The molecule has 3 heterocycles. The van der Waals surface area contributed by atoms with Crippen molar-refractivity contribution < 1.29 is 28.5 Å². The quantitative estimate of drug-likeness (QED) is 0.556. The third-order valence-corrected chi connectivity index (χ3v) is 8.77. The summed E-state index contributed by atoms with van der Waals surface area (Å²) in [6, 6.07) is 11.4. The monoisotopic (exact) mass is 580 g/mol. The van der Waals surface area contributed by atoms with E-state index in [4.69, 9.17) is 18.9 Å². The molecule has 10 heteroatoms. The second-order valence-corrected chi connectivity index (χ2v) is 11.3. The maximum Gasteiger partial charge on any atom is 0.255 e. The minimum Gasteiger partial charge on any atom is -0.496 e. The fourth-order valence-electron chi connectivity index (χ4n) is 6.27. The molecule has 2 aromatic rings. The second kappa shape index (κ2) is 14.1. The predicted molar refractivity (Wildman–Crippen MR) is 161 cm³/mol. The van der Waals surface area contributed by atoms with Crippen molar-refractivity contribution in [1.29, 1.82) is 0 Å². The summed E-state index contributed by atoms with van der Waals surface area (Å²) in [5.41, 5.74) is 2.20. The Bertz CT molecular complexity index is 1220. The predicted octanol–water partition coefficient (Wildman–Crippen LogP) is 3.23. The summed E-state index contributed by atoms with van der Waals surface area (Å²) in [4.78, 5) is 31.0. The van der Waals surface area contributed by atoms with Crippen molar-refractivity contribution in [2.24, 2.45) is 5.41 Å². The molecule has 2 N–H and O–H groups in total. The van der Waals surface area contributed by atoms with Crippen LogP contribution in [0.15, 0.2) is 36.4 Å². The van der Waals surface area contributed by atoms with E-state index in [0.29, 0.717) is 44.2 Å². The largest absolute Gasteiger partial charge is 0.496 e. The number of morpholine rings is 1. The van der Waals surface area contributed by atoms with Gasteiger partial charge in [0.15, 0.2) is 0 Å². The number of benzene rings is 2.